The second-order valence-electron chi connectivity index (χ2n) is 6.96. The summed E-state index contributed by atoms with van der Waals surface area (Å²) in [5.41, 5.74) is -0.410. The predicted octanol–water partition coefficient (Wildman–Crippen LogP) is 2.87. The van der Waals surface area contributed by atoms with Crippen molar-refractivity contribution in [1.29, 1.82) is 0 Å². The van der Waals surface area contributed by atoms with E-state index >= 15 is 0 Å². The number of carbonyl (C=O) groups is 1. The van der Waals surface area contributed by atoms with Gasteiger partial charge in [-0.15, -0.1) is 0 Å². The van der Waals surface area contributed by atoms with Crippen molar-refractivity contribution in [2.75, 3.05) is 13.6 Å². The van der Waals surface area contributed by atoms with Gasteiger partial charge in [0.1, 0.15) is 5.60 Å². The smallest absolute Gasteiger partial charge is 0.410 e. The van der Waals surface area contributed by atoms with Gasteiger partial charge in [0.2, 0.25) is 0 Å². The summed E-state index contributed by atoms with van der Waals surface area (Å²) in [7, 11) is 1.89. The minimum absolute atomic E-state index is 0.180. The summed E-state index contributed by atoms with van der Waals surface area (Å²) in [5, 5.41) is 0. The molecule has 2 rings (SSSR count). The molecule has 19 heavy (non-hydrogen) atoms. The lowest BCUT2D eigenvalue weighted by molar-refractivity contribution is -0.0405. The Morgan fingerprint density at radius 1 is 1.37 bits per heavy atom. The first-order chi connectivity index (χ1) is 8.81. The molecular formula is C15H28N2O2. The number of fused-ring (bicyclic) bond motifs is 1. The highest BCUT2D eigenvalue weighted by atomic mass is 16.6. The van der Waals surface area contributed by atoms with Gasteiger partial charge in [0.05, 0.1) is 0 Å². The van der Waals surface area contributed by atoms with Gasteiger partial charge < -0.3 is 9.64 Å². The zero-order chi connectivity index (χ0) is 14.2. The monoisotopic (exact) mass is 268 g/mol. The first-order valence-corrected chi connectivity index (χ1v) is 7.53. The van der Waals surface area contributed by atoms with Crippen LogP contribution in [0.3, 0.4) is 0 Å². The molecule has 0 radical (unpaired) electrons. The number of hydrogen-bond donors (Lipinski definition) is 0. The predicted molar refractivity (Wildman–Crippen MR) is 76.2 cm³/mol. The topological polar surface area (TPSA) is 32.8 Å². The van der Waals surface area contributed by atoms with Crippen LogP contribution in [0.1, 0.15) is 53.4 Å². The van der Waals surface area contributed by atoms with Gasteiger partial charge in [-0.2, -0.15) is 0 Å². The van der Waals surface area contributed by atoms with E-state index < -0.39 is 5.60 Å². The summed E-state index contributed by atoms with van der Waals surface area (Å²) in [6.45, 7) is 9.24. The van der Waals surface area contributed by atoms with E-state index in [1.807, 2.05) is 32.7 Å². The summed E-state index contributed by atoms with van der Waals surface area (Å²) >= 11 is 0. The standard InChI is InChI=1S/C15H28N2O2/c1-6-11-9-13(10-12-7-8-17(11)12)16(5)14(18)19-15(2,3)4/h11-13H,6-10H2,1-5H3. The van der Waals surface area contributed by atoms with Crippen molar-refractivity contribution in [3.63, 3.8) is 0 Å². The van der Waals surface area contributed by atoms with Gasteiger partial charge in [0, 0.05) is 31.7 Å². The number of ether oxygens (including phenoxy) is 1. The van der Waals surface area contributed by atoms with E-state index in [2.05, 4.69) is 11.8 Å². The minimum atomic E-state index is -0.410. The van der Waals surface area contributed by atoms with Crippen molar-refractivity contribution in [2.24, 2.45) is 0 Å². The fourth-order valence-corrected chi connectivity index (χ4v) is 3.25. The number of amides is 1. The number of rotatable bonds is 2. The zero-order valence-electron chi connectivity index (χ0n) is 13.0. The Balaban J connectivity index is 1.95. The number of hydrogen-bond acceptors (Lipinski definition) is 3. The van der Waals surface area contributed by atoms with E-state index in [1.165, 1.54) is 19.4 Å². The number of piperidine rings is 1. The molecule has 0 aromatic heterocycles. The Kier molecular flexibility index (Phi) is 4.09. The van der Waals surface area contributed by atoms with Crippen LogP contribution in [-0.4, -0.2) is 53.2 Å². The molecule has 0 spiro atoms. The molecule has 0 N–H and O–H groups in total. The van der Waals surface area contributed by atoms with Gasteiger partial charge in [0.15, 0.2) is 0 Å². The van der Waals surface area contributed by atoms with Gasteiger partial charge in [0.25, 0.3) is 0 Å². The van der Waals surface area contributed by atoms with E-state index in [1.54, 1.807) is 0 Å². The van der Waals surface area contributed by atoms with Crippen molar-refractivity contribution in [3.05, 3.63) is 0 Å². The first-order valence-electron chi connectivity index (χ1n) is 7.53. The molecule has 1 amide bonds. The Morgan fingerprint density at radius 3 is 2.53 bits per heavy atom. The molecule has 3 atom stereocenters. The third-order valence-electron chi connectivity index (χ3n) is 4.45. The Labute approximate surface area is 117 Å². The second kappa shape index (κ2) is 5.31. The van der Waals surface area contributed by atoms with Gasteiger partial charge in [-0.25, -0.2) is 4.79 Å². The van der Waals surface area contributed by atoms with E-state index in [0.717, 1.165) is 12.8 Å². The summed E-state index contributed by atoms with van der Waals surface area (Å²) in [6, 6.07) is 1.66. The van der Waals surface area contributed by atoms with Crippen LogP contribution in [-0.2, 0) is 4.74 Å². The van der Waals surface area contributed by atoms with Crippen LogP contribution < -0.4 is 0 Å². The molecule has 2 fully saturated rings. The summed E-state index contributed by atoms with van der Waals surface area (Å²) in [5.74, 6) is 0. The Hall–Kier alpha value is -0.770. The van der Waals surface area contributed by atoms with Crippen LogP contribution >= 0.6 is 0 Å². The molecule has 2 aliphatic heterocycles. The summed E-state index contributed by atoms with van der Waals surface area (Å²) < 4.78 is 5.48. The summed E-state index contributed by atoms with van der Waals surface area (Å²) in [6.07, 6.45) is 4.47. The van der Waals surface area contributed by atoms with Gasteiger partial charge in [-0.1, -0.05) is 6.92 Å². The Morgan fingerprint density at radius 2 is 2.05 bits per heavy atom. The molecule has 0 aliphatic carbocycles. The van der Waals surface area contributed by atoms with Crippen LogP contribution in [0, 0.1) is 0 Å². The lowest BCUT2D eigenvalue weighted by atomic mass is 9.82. The van der Waals surface area contributed by atoms with E-state index in [0.29, 0.717) is 18.1 Å². The fourth-order valence-electron chi connectivity index (χ4n) is 3.25. The molecule has 0 aromatic rings. The maximum Gasteiger partial charge on any atom is 0.410 e. The van der Waals surface area contributed by atoms with Gasteiger partial charge in [-0.05, 0) is 46.5 Å². The zero-order valence-corrected chi connectivity index (χ0v) is 13.0. The van der Waals surface area contributed by atoms with Crippen molar-refractivity contribution in [1.82, 2.24) is 9.80 Å². The van der Waals surface area contributed by atoms with Gasteiger partial charge in [-0.3, -0.25) is 4.90 Å². The number of nitrogens with zero attached hydrogens (tertiary/aromatic N) is 2. The highest BCUT2D eigenvalue weighted by Gasteiger charge is 2.42. The average molecular weight is 268 g/mol. The van der Waals surface area contributed by atoms with Crippen molar-refractivity contribution < 1.29 is 9.53 Å². The summed E-state index contributed by atoms with van der Waals surface area (Å²) in [4.78, 5) is 16.6. The van der Waals surface area contributed by atoms with Crippen molar-refractivity contribution >= 4 is 6.09 Å². The lowest BCUT2D eigenvalue weighted by Crippen LogP contribution is -2.61. The molecule has 2 aliphatic rings. The maximum atomic E-state index is 12.1. The van der Waals surface area contributed by atoms with Crippen LogP contribution in [0.5, 0.6) is 0 Å². The Bertz CT molecular complexity index is 338. The van der Waals surface area contributed by atoms with E-state index in [9.17, 15) is 4.79 Å². The average Bonchev–Trinajstić information content (AvgIpc) is 2.27. The minimum Gasteiger partial charge on any atom is -0.444 e. The quantitative estimate of drug-likeness (QED) is 0.772. The molecule has 0 aromatic carbocycles. The van der Waals surface area contributed by atoms with E-state index in [4.69, 9.17) is 4.74 Å². The van der Waals surface area contributed by atoms with Crippen LogP contribution in [0.4, 0.5) is 4.79 Å². The van der Waals surface area contributed by atoms with Gasteiger partial charge >= 0.3 is 6.09 Å². The molecule has 0 saturated carbocycles. The molecule has 4 nitrogen and oxygen atoms in total. The molecule has 2 heterocycles. The lowest BCUT2D eigenvalue weighted by Gasteiger charge is -2.53. The van der Waals surface area contributed by atoms with E-state index in [-0.39, 0.29) is 6.09 Å². The van der Waals surface area contributed by atoms with Crippen molar-refractivity contribution in [2.45, 2.75) is 77.1 Å². The molecular weight excluding hydrogens is 240 g/mol. The number of carbonyl (C=O) groups excluding carboxylic acids is 1. The molecule has 4 heteroatoms. The molecule has 110 valence electrons. The van der Waals surface area contributed by atoms with Crippen LogP contribution in [0.2, 0.25) is 0 Å². The molecule has 3 unspecified atom stereocenters. The third kappa shape index (κ3) is 3.22. The molecule has 0 bridgehead atoms. The second-order valence-corrected chi connectivity index (χ2v) is 6.96. The first kappa shape index (κ1) is 14.6. The van der Waals surface area contributed by atoms with Crippen LogP contribution in [0.15, 0.2) is 0 Å². The highest BCUT2D eigenvalue weighted by molar-refractivity contribution is 5.68. The largest absolute Gasteiger partial charge is 0.444 e. The molecule has 2 saturated heterocycles. The van der Waals surface area contributed by atoms with Crippen LogP contribution in [0.25, 0.3) is 0 Å². The van der Waals surface area contributed by atoms with Crippen molar-refractivity contribution in [3.8, 4) is 0 Å². The third-order valence-corrected chi connectivity index (χ3v) is 4.45. The SMILES string of the molecule is CCC1CC(N(C)C(=O)OC(C)(C)C)CC2CCN12. The fraction of sp³-hybridized carbons (Fsp3) is 0.933. The normalized spacial score (nSPS) is 31.3. The highest BCUT2D eigenvalue weighted by Crippen LogP contribution is 2.35. The maximum absolute atomic E-state index is 12.1.